The molecule has 1 heteroatoms. The lowest BCUT2D eigenvalue weighted by Crippen LogP contribution is -2.03. The molecule has 0 saturated heterocycles. The average Bonchev–Trinajstić information content (AvgIpc) is 2.60. The molecule has 64 valence electrons. The Labute approximate surface area is 73.2 Å². The summed E-state index contributed by atoms with van der Waals surface area (Å²) in [5, 5.41) is 0. The van der Waals surface area contributed by atoms with Crippen LogP contribution in [-0.2, 0) is 4.79 Å². The second-order valence-corrected chi connectivity index (χ2v) is 3.91. The summed E-state index contributed by atoms with van der Waals surface area (Å²) in [6, 6.07) is 0. The minimum atomic E-state index is 0.168. The van der Waals surface area contributed by atoms with E-state index >= 15 is 0 Å². The highest BCUT2D eigenvalue weighted by Gasteiger charge is 2.33. The van der Waals surface area contributed by atoms with Crippen molar-refractivity contribution >= 4 is 5.78 Å². The van der Waals surface area contributed by atoms with Crippen molar-refractivity contribution in [1.82, 2.24) is 0 Å². The number of rotatable bonds is 2. The molecule has 2 bridgehead atoms. The van der Waals surface area contributed by atoms with E-state index < -0.39 is 0 Å². The molecular formula is C11H14O. The first-order valence-corrected chi connectivity index (χ1v) is 4.63. The topological polar surface area (TPSA) is 17.1 Å². The van der Waals surface area contributed by atoms with Crippen molar-refractivity contribution in [3.8, 4) is 0 Å². The van der Waals surface area contributed by atoms with Gasteiger partial charge in [-0.25, -0.2) is 0 Å². The first kappa shape index (κ1) is 7.78. The Morgan fingerprint density at radius 3 is 2.75 bits per heavy atom. The summed E-state index contributed by atoms with van der Waals surface area (Å²) >= 11 is 0. The van der Waals surface area contributed by atoms with E-state index in [1.165, 1.54) is 12.8 Å². The Morgan fingerprint density at radius 1 is 1.42 bits per heavy atom. The largest absolute Gasteiger partial charge is 0.295 e. The van der Waals surface area contributed by atoms with E-state index in [0.29, 0.717) is 5.92 Å². The normalized spacial score (nSPS) is 38.2. The number of ketones is 1. The van der Waals surface area contributed by atoms with E-state index in [-0.39, 0.29) is 5.78 Å². The maximum Gasteiger partial charge on any atom is 0.152 e. The van der Waals surface area contributed by atoms with E-state index in [9.17, 15) is 4.79 Å². The van der Waals surface area contributed by atoms with E-state index in [0.717, 1.165) is 11.8 Å². The Bertz CT molecular complexity index is 250. The third-order valence-corrected chi connectivity index (χ3v) is 2.91. The van der Waals surface area contributed by atoms with Crippen molar-refractivity contribution in [3.05, 3.63) is 24.3 Å². The van der Waals surface area contributed by atoms with Crippen LogP contribution in [0.15, 0.2) is 24.3 Å². The predicted octanol–water partition coefficient (Wildman–Crippen LogP) is 2.34. The molecule has 0 N–H and O–H groups in total. The lowest BCUT2D eigenvalue weighted by Gasteiger charge is -2.12. The molecule has 2 aliphatic rings. The van der Waals surface area contributed by atoms with Gasteiger partial charge in [0.25, 0.3) is 0 Å². The summed E-state index contributed by atoms with van der Waals surface area (Å²) in [7, 11) is 0. The highest BCUT2D eigenvalue weighted by Crippen LogP contribution is 2.43. The van der Waals surface area contributed by atoms with Gasteiger partial charge in [0.05, 0.1) is 0 Å². The zero-order valence-electron chi connectivity index (χ0n) is 7.36. The summed E-state index contributed by atoms with van der Waals surface area (Å²) in [5.74, 6) is 2.34. The maximum absolute atomic E-state index is 10.7. The summed E-state index contributed by atoms with van der Waals surface area (Å²) in [6.45, 7) is 1.61. The average molecular weight is 162 g/mol. The highest BCUT2D eigenvalue weighted by molar-refractivity contribution is 5.87. The Kier molecular flexibility index (Phi) is 1.87. The molecule has 1 fully saturated rings. The van der Waals surface area contributed by atoms with Crippen LogP contribution in [0.2, 0.25) is 0 Å². The summed E-state index contributed by atoms with van der Waals surface area (Å²) in [5.41, 5.74) is 0. The molecule has 0 radical (unpaired) electrons. The second kappa shape index (κ2) is 2.89. The van der Waals surface area contributed by atoms with Gasteiger partial charge in [0.2, 0.25) is 0 Å². The molecule has 3 unspecified atom stereocenters. The number of carbonyl (C=O) groups is 1. The molecule has 3 atom stereocenters. The van der Waals surface area contributed by atoms with Crippen LogP contribution in [0.4, 0.5) is 0 Å². The van der Waals surface area contributed by atoms with Crippen molar-refractivity contribution in [1.29, 1.82) is 0 Å². The number of hydrogen-bond donors (Lipinski definition) is 0. The lowest BCUT2D eigenvalue weighted by atomic mass is 9.93. The molecule has 1 saturated carbocycles. The number of fused-ring (bicyclic) bond motifs is 2. The Hall–Kier alpha value is -0.850. The molecule has 1 nitrogen and oxygen atoms in total. The van der Waals surface area contributed by atoms with Gasteiger partial charge in [0.1, 0.15) is 0 Å². The van der Waals surface area contributed by atoms with E-state index in [2.05, 4.69) is 18.2 Å². The molecule has 0 aromatic carbocycles. The van der Waals surface area contributed by atoms with Crippen molar-refractivity contribution < 1.29 is 4.79 Å². The SMILES string of the molecule is CC(=O)/C=C\C1CC2C=CC1C2. The Morgan fingerprint density at radius 2 is 2.25 bits per heavy atom. The first-order chi connectivity index (χ1) is 5.75. The van der Waals surface area contributed by atoms with Gasteiger partial charge in [-0.15, -0.1) is 0 Å². The van der Waals surface area contributed by atoms with Gasteiger partial charge in [-0.2, -0.15) is 0 Å². The fourth-order valence-corrected chi connectivity index (χ4v) is 2.30. The van der Waals surface area contributed by atoms with Crippen molar-refractivity contribution in [2.24, 2.45) is 17.8 Å². The van der Waals surface area contributed by atoms with Gasteiger partial charge >= 0.3 is 0 Å². The molecule has 0 aliphatic heterocycles. The molecule has 2 aliphatic carbocycles. The summed E-state index contributed by atoms with van der Waals surface area (Å²) in [4.78, 5) is 10.7. The highest BCUT2D eigenvalue weighted by atomic mass is 16.1. The smallest absolute Gasteiger partial charge is 0.152 e. The zero-order valence-corrected chi connectivity index (χ0v) is 7.36. The molecule has 0 amide bonds. The number of allylic oxidation sites excluding steroid dienone is 4. The summed E-state index contributed by atoms with van der Waals surface area (Å²) < 4.78 is 0. The van der Waals surface area contributed by atoms with Crippen molar-refractivity contribution in [3.63, 3.8) is 0 Å². The van der Waals surface area contributed by atoms with Crippen molar-refractivity contribution in [2.45, 2.75) is 19.8 Å². The van der Waals surface area contributed by atoms with Crippen LogP contribution in [0.25, 0.3) is 0 Å². The first-order valence-electron chi connectivity index (χ1n) is 4.63. The summed E-state index contributed by atoms with van der Waals surface area (Å²) in [6.07, 6.45) is 11.0. The van der Waals surface area contributed by atoms with Crippen LogP contribution in [0.3, 0.4) is 0 Å². The van der Waals surface area contributed by atoms with Crippen molar-refractivity contribution in [2.75, 3.05) is 0 Å². The number of carbonyl (C=O) groups excluding carboxylic acids is 1. The van der Waals surface area contributed by atoms with Gasteiger partial charge in [-0.05, 0) is 43.6 Å². The second-order valence-electron chi connectivity index (χ2n) is 3.91. The van der Waals surface area contributed by atoms with Gasteiger partial charge in [0.15, 0.2) is 5.78 Å². The molecule has 12 heavy (non-hydrogen) atoms. The van der Waals surface area contributed by atoms with Gasteiger partial charge in [-0.1, -0.05) is 18.2 Å². The third kappa shape index (κ3) is 1.36. The lowest BCUT2D eigenvalue weighted by molar-refractivity contribution is -0.112. The van der Waals surface area contributed by atoms with Crippen LogP contribution in [0, 0.1) is 17.8 Å². The van der Waals surface area contributed by atoms with Crippen LogP contribution >= 0.6 is 0 Å². The minimum Gasteiger partial charge on any atom is -0.295 e. The van der Waals surface area contributed by atoms with Gasteiger partial charge in [-0.3, -0.25) is 4.79 Å². The van der Waals surface area contributed by atoms with Gasteiger partial charge in [0, 0.05) is 0 Å². The van der Waals surface area contributed by atoms with Gasteiger partial charge < -0.3 is 0 Å². The Balaban J connectivity index is 1.99. The van der Waals surface area contributed by atoms with Crippen LogP contribution in [-0.4, -0.2) is 5.78 Å². The standard InChI is InChI=1S/C11H14O/c1-8(12)2-4-10-6-9-3-5-11(10)7-9/h2-5,9-11H,6-7H2,1H3/b4-2-. The quantitative estimate of drug-likeness (QED) is 0.450. The minimum absolute atomic E-state index is 0.168. The monoisotopic (exact) mass is 162 g/mol. The fraction of sp³-hybridized carbons (Fsp3) is 0.545. The predicted molar refractivity (Wildman–Crippen MR) is 48.7 cm³/mol. The molecule has 0 heterocycles. The van der Waals surface area contributed by atoms with Crippen LogP contribution in [0.5, 0.6) is 0 Å². The molecular weight excluding hydrogens is 148 g/mol. The van der Waals surface area contributed by atoms with E-state index in [1.54, 1.807) is 13.0 Å². The zero-order chi connectivity index (χ0) is 8.55. The number of hydrogen-bond acceptors (Lipinski definition) is 1. The third-order valence-electron chi connectivity index (χ3n) is 2.91. The molecule has 0 aromatic rings. The van der Waals surface area contributed by atoms with E-state index in [4.69, 9.17) is 0 Å². The fourth-order valence-electron chi connectivity index (χ4n) is 2.30. The van der Waals surface area contributed by atoms with Crippen LogP contribution in [0.1, 0.15) is 19.8 Å². The molecule has 2 rings (SSSR count). The molecule has 0 aromatic heterocycles. The van der Waals surface area contributed by atoms with Crippen LogP contribution < -0.4 is 0 Å². The maximum atomic E-state index is 10.7. The molecule has 0 spiro atoms. The van der Waals surface area contributed by atoms with E-state index in [1.807, 2.05) is 0 Å².